The average molecular weight is 738 g/mol. The van der Waals surface area contributed by atoms with E-state index in [0.29, 0.717) is 77.6 Å². The van der Waals surface area contributed by atoms with E-state index < -0.39 is 0 Å². The monoisotopic (exact) mass is 737 g/mol. The van der Waals surface area contributed by atoms with Gasteiger partial charge in [-0.1, -0.05) is 30.4 Å². The van der Waals surface area contributed by atoms with Crippen molar-refractivity contribution in [2.75, 3.05) is 120 Å². The highest BCUT2D eigenvalue weighted by atomic mass is 32.2. The molecular formula is C40H53N2O7S2+. The van der Waals surface area contributed by atoms with Gasteiger partial charge in [0.05, 0.1) is 66.1 Å². The molecular weight excluding hydrogens is 685 g/mol. The van der Waals surface area contributed by atoms with Crippen LogP contribution in [0.1, 0.15) is 22.4 Å². The molecule has 0 N–H and O–H groups in total. The summed E-state index contributed by atoms with van der Waals surface area (Å²) in [6.07, 6.45) is 10.7. The number of anilines is 1. The molecule has 11 heteroatoms. The Morgan fingerprint density at radius 1 is 0.510 bits per heavy atom. The van der Waals surface area contributed by atoms with Crippen LogP contribution in [0.25, 0.3) is 24.3 Å². The van der Waals surface area contributed by atoms with E-state index in [9.17, 15) is 0 Å². The predicted molar refractivity (Wildman–Crippen MR) is 210 cm³/mol. The molecule has 1 fully saturated rings. The fraction of sp³-hybridized carbons (Fsp3) is 0.475. The normalized spacial score (nSPS) is 18.8. The van der Waals surface area contributed by atoms with Crippen LogP contribution in [0.3, 0.4) is 0 Å². The van der Waals surface area contributed by atoms with Crippen LogP contribution in [0, 0.1) is 0 Å². The van der Waals surface area contributed by atoms with Crippen LogP contribution in [0.15, 0.2) is 60.8 Å². The molecule has 1 aromatic heterocycles. The van der Waals surface area contributed by atoms with Gasteiger partial charge in [-0.2, -0.15) is 23.5 Å². The smallest absolute Gasteiger partial charge is 0.205 e. The zero-order valence-corrected chi connectivity index (χ0v) is 31.5. The van der Waals surface area contributed by atoms with E-state index in [1.807, 2.05) is 41.7 Å². The van der Waals surface area contributed by atoms with Gasteiger partial charge < -0.3 is 38.1 Å². The molecule has 3 aromatic rings. The van der Waals surface area contributed by atoms with Crippen LogP contribution in [0.5, 0.6) is 11.5 Å². The minimum absolute atomic E-state index is 0.427. The number of aromatic nitrogens is 1. The van der Waals surface area contributed by atoms with E-state index >= 15 is 0 Å². The molecule has 2 aliphatic heterocycles. The van der Waals surface area contributed by atoms with Gasteiger partial charge in [0, 0.05) is 60.0 Å². The summed E-state index contributed by atoms with van der Waals surface area (Å²) >= 11 is 3.91. The molecule has 51 heavy (non-hydrogen) atoms. The van der Waals surface area contributed by atoms with Crippen molar-refractivity contribution in [2.24, 2.45) is 7.05 Å². The summed E-state index contributed by atoms with van der Waals surface area (Å²) in [4.78, 5) is 2.50. The van der Waals surface area contributed by atoms with Crippen LogP contribution in [-0.2, 0) is 30.7 Å². The first-order valence-corrected chi connectivity index (χ1v) is 20.2. The molecule has 3 heterocycles. The first-order chi connectivity index (χ1) is 25.2. The van der Waals surface area contributed by atoms with Gasteiger partial charge in [0.25, 0.3) is 0 Å². The molecule has 0 atom stereocenters. The lowest BCUT2D eigenvalue weighted by molar-refractivity contribution is -0.673. The van der Waals surface area contributed by atoms with Crippen molar-refractivity contribution in [3.8, 4) is 11.5 Å². The first kappa shape index (κ1) is 39.2. The molecule has 9 nitrogen and oxygen atoms in total. The minimum atomic E-state index is 0.427. The standard InChI is InChI=1S/C40H53N2O7S2/c1-41-13-12-36(3-2-35-7-11-39-40(33-35)49-25-23-45-19-17-43-16-18-44-22-24-48-39)32-38(41)10-6-34-4-8-37(9-5-34)42-14-28-50-30-26-46-20-21-47-27-31-51-29-15-42/h2-13,32-33H,14-31H2,1H3/q+1/b3-2+. The Balaban J connectivity index is 1.19. The zero-order valence-electron chi connectivity index (χ0n) is 29.9. The second kappa shape index (κ2) is 23.5. The summed E-state index contributed by atoms with van der Waals surface area (Å²) in [5.41, 5.74) is 5.67. The van der Waals surface area contributed by atoms with Crippen molar-refractivity contribution < 1.29 is 37.7 Å². The Morgan fingerprint density at radius 2 is 1.02 bits per heavy atom. The molecule has 0 saturated carbocycles. The highest BCUT2D eigenvalue weighted by molar-refractivity contribution is 7.99. The topological polar surface area (TPSA) is 71.7 Å². The van der Waals surface area contributed by atoms with Crippen LogP contribution >= 0.6 is 23.5 Å². The Kier molecular flexibility index (Phi) is 18.1. The van der Waals surface area contributed by atoms with E-state index in [4.69, 9.17) is 33.2 Å². The largest absolute Gasteiger partial charge is 0.487 e. The molecule has 2 aliphatic rings. The number of hydrogen-bond acceptors (Lipinski definition) is 10. The van der Waals surface area contributed by atoms with Crippen molar-refractivity contribution >= 4 is 53.5 Å². The molecule has 276 valence electrons. The maximum Gasteiger partial charge on any atom is 0.205 e. The number of thioether (sulfide) groups is 2. The molecule has 0 amide bonds. The molecule has 2 aromatic carbocycles. The van der Waals surface area contributed by atoms with Gasteiger partial charge in [0.15, 0.2) is 17.7 Å². The van der Waals surface area contributed by atoms with Gasteiger partial charge in [-0.15, -0.1) is 0 Å². The summed E-state index contributed by atoms with van der Waals surface area (Å²) in [7, 11) is 2.07. The van der Waals surface area contributed by atoms with Gasteiger partial charge >= 0.3 is 0 Å². The van der Waals surface area contributed by atoms with Crippen LogP contribution in [0.2, 0.25) is 0 Å². The molecule has 0 bridgehead atoms. The highest BCUT2D eigenvalue weighted by Crippen LogP contribution is 2.29. The van der Waals surface area contributed by atoms with Crippen molar-refractivity contribution in [3.63, 3.8) is 0 Å². The zero-order chi connectivity index (χ0) is 35.2. The number of benzene rings is 2. The molecule has 0 aliphatic carbocycles. The van der Waals surface area contributed by atoms with E-state index in [1.165, 1.54) is 11.3 Å². The Bertz CT molecular complexity index is 1470. The van der Waals surface area contributed by atoms with E-state index in [-0.39, 0.29) is 0 Å². The lowest BCUT2D eigenvalue weighted by atomic mass is 10.1. The second-order valence-corrected chi connectivity index (χ2v) is 14.4. The fourth-order valence-electron chi connectivity index (χ4n) is 5.35. The summed E-state index contributed by atoms with van der Waals surface area (Å²) in [5.74, 6) is 5.59. The van der Waals surface area contributed by atoms with Gasteiger partial charge in [0.2, 0.25) is 5.69 Å². The Labute approximate surface area is 312 Å². The molecule has 1 saturated heterocycles. The van der Waals surface area contributed by atoms with Crippen molar-refractivity contribution in [3.05, 3.63) is 83.2 Å². The third-order valence-electron chi connectivity index (χ3n) is 8.19. The predicted octanol–water partition coefficient (Wildman–Crippen LogP) is 5.99. The number of pyridine rings is 1. The molecule has 0 spiro atoms. The number of hydrogen-bond donors (Lipinski definition) is 0. The summed E-state index contributed by atoms with van der Waals surface area (Å²) in [6.45, 7) is 8.97. The maximum absolute atomic E-state index is 6.06. The quantitative estimate of drug-likeness (QED) is 0.292. The third kappa shape index (κ3) is 14.9. The van der Waals surface area contributed by atoms with Crippen molar-refractivity contribution in [1.29, 1.82) is 0 Å². The third-order valence-corrected chi connectivity index (χ3v) is 10.0. The number of aryl methyl sites for hydroxylation is 1. The van der Waals surface area contributed by atoms with E-state index in [0.717, 1.165) is 66.1 Å². The second-order valence-electron chi connectivity index (χ2n) is 11.9. The van der Waals surface area contributed by atoms with Gasteiger partial charge in [0.1, 0.15) is 20.3 Å². The summed E-state index contributed by atoms with van der Waals surface area (Å²) < 4.78 is 42.2. The van der Waals surface area contributed by atoms with E-state index in [2.05, 4.69) is 83.4 Å². The lowest BCUT2D eigenvalue weighted by Crippen LogP contribution is -2.30. The Morgan fingerprint density at radius 3 is 1.65 bits per heavy atom. The molecule has 5 rings (SSSR count). The van der Waals surface area contributed by atoms with Gasteiger partial charge in [-0.05, 0) is 47.0 Å². The van der Waals surface area contributed by atoms with E-state index in [1.54, 1.807) is 0 Å². The number of nitrogens with zero attached hydrogens (tertiary/aromatic N) is 2. The average Bonchev–Trinajstić information content (AvgIpc) is 3.17. The molecule has 0 unspecified atom stereocenters. The maximum atomic E-state index is 6.06. The van der Waals surface area contributed by atoms with Crippen molar-refractivity contribution in [2.45, 2.75) is 0 Å². The number of ether oxygens (including phenoxy) is 7. The number of fused-ring (bicyclic) bond motifs is 1. The molecule has 0 radical (unpaired) electrons. The number of rotatable bonds is 5. The van der Waals surface area contributed by atoms with Crippen LogP contribution in [0.4, 0.5) is 5.69 Å². The van der Waals surface area contributed by atoms with Crippen molar-refractivity contribution in [1.82, 2.24) is 0 Å². The van der Waals surface area contributed by atoms with Crippen LogP contribution < -0.4 is 18.9 Å². The SMILES string of the molecule is C[n+]1ccc(/C=C/c2ccc3c(c2)OCCOCCOCCOCCO3)cc1/C=C/c1ccc(N2CCSCCOCCOCCSCC2)cc1. The highest BCUT2D eigenvalue weighted by Gasteiger charge is 2.10. The van der Waals surface area contributed by atoms with Gasteiger partial charge in [-0.25, -0.2) is 4.57 Å². The fourth-order valence-corrected chi connectivity index (χ4v) is 6.93. The lowest BCUT2D eigenvalue weighted by Gasteiger charge is -2.25. The first-order valence-electron chi connectivity index (χ1n) is 17.9. The Hall–Kier alpha value is -3.03. The minimum Gasteiger partial charge on any atom is -0.487 e. The summed E-state index contributed by atoms with van der Waals surface area (Å²) in [6, 6.07) is 19.2. The summed E-state index contributed by atoms with van der Waals surface area (Å²) in [5, 5.41) is 0. The van der Waals surface area contributed by atoms with Gasteiger partial charge in [-0.3, -0.25) is 0 Å². The van der Waals surface area contributed by atoms with Crippen LogP contribution in [-0.4, -0.2) is 115 Å².